The Morgan fingerprint density at radius 1 is 1.19 bits per heavy atom. The number of fused-ring (bicyclic) bond motifs is 1. The molecule has 0 saturated carbocycles. The maximum atomic E-state index is 12.5. The van der Waals surface area contributed by atoms with Crippen LogP contribution >= 0.6 is 33.9 Å². The molecule has 0 atom stereocenters. The van der Waals surface area contributed by atoms with Gasteiger partial charge in [0.25, 0.3) is 5.91 Å². The van der Waals surface area contributed by atoms with Crippen LogP contribution in [0.15, 0.2) is 48.5 Å². The highest BCUT2D eigenvalue weighted by Gasteiger charge is 2.16. The van der Waals surface area contributed by atoms with E-state index in [0.29, 0.717) is 6.54 Å². The van der Waals surface area contributed by atoms with Crippen LogP contribution in [0.3, 0.4) is 0 Å². The van der Waals surface area contributed by atoms with E-state index in [0.717, 1.165) is 24.4 Å². The lowest BCUT2D eigenvalue weighted by atomic mass is 10.2. The monoisotopic (exact) mass is 408 g/mol. The predicted molar refractivity (Wildman–Crippen MR) is 94.6 cm³/mol. The van der Waals surface area contributed by atoms with E-state index in [1.165, 1.54) is 0 Å². The van der Waals surface area contributed by atoms with E-state index in [4.69, 9.17) is 0 Å². The number of para-hydroxylation sites is 1. The first-order valence-corrected chi connectivity index (χ1v) is 8.39. The van der Waals surface area contributed by atoms with E-state index in [2.05, 4.69) is 33.6 Å². The van der Waals surface area contributed by atoms with Gasteiger partial charge < -0.3 is 4.90 Å². The van der Waals surface area contributed by atoms with Crippen molar-refractivity contribution in [2.75, 3.05) is 7.05 Å². The highest BCUT2D eigenvalue weighted by molar-refractivity contribution is 14.1. The standard InChI is InChI=1S/C16H13IN2OS/c1-19(16(20)11-6-2-3-7-12(11)17)10-15-18-13-8-4-5-9-14(13)21-15/h2-9H,10H2,1H3. The van der Waals surface area contributed by atoms with Gasteiger partial charge in [-0.2, -0.15) is 0 Å². The molecule has 1 aromatic heterocycles. The molecule has 0 radical (unpaired) electrons. The summed E-state index contributed by atoms with van der Waals surface area (Å²) < 4.78 is 2.12. The number of aromatic nitrogens is 1. The van der Waals surface area contributed by atoms with E-state index in [-0.39, 0.29) is 5.91 Å². The third kappa shape index (κ3) is 3.08. The van der Waals surface area contributed by atoms with E-state index in [1.54, 1.807) is 16.2 Å². The Hall–Kier alpha value is -1.47. The number of carbonyl (C=O) groups excluding carboxylic acids is 1. The quantitative estimate of drug-likeness (QED) is 0.610. The normalized spacial score (nSPS) is 10.8. The molecule has 0 aliphatic heterocycles. The van der Waals surface area contributed by atoms with Crippen molar-refractivity contribution in [3.63, 3.8) is 0 Å². The van der Waals surface area contributed by atoms with Gasteiger partial charge in [-0.25, -0.2) is 4.98 Å². The van der Waals surface area contributed by atoms with Gasteiger partial charge in [-0.3, -0.25) is 4.79 Å². The van der Waals surface area contributed by atoms with Crippen LogP contribution in [0, 0.1) is 3.57 Å². The fraction of sp³-hybridized carbons (Fsp3) is 0.125. The third-order valence-electron chi connectivity index (χ3n) is 3.16. The van der Waals surface area contributed by atoms with Crippen LogP contribution in [0.25, 0.3) is 10.2 Å². The Balaban J connectivity index is 1.81. The second-order valence-electron chi connectivity index (χ2n) is 4.72. The Morgan fingerprint density at radius 3 is 2.67 bits per heavy atom. The summed E-state index contributed by atoms with van der Waals surface area (Å²) >= 11 is 3.83. The van der Waals surface area contributed by atoms with E-state index in [1.807, 2.05) is 49.5 Å². The minimum atomic E-state index is 0.0271. The molecule has 3 aromatic rings. The molecule has 0 aliphatic rings. The van der Waals surface area contributed by atoms with Crippen molar-refractivity contribution in [3.05, 3.63) is 62.7 Å². The van der Waals surface area contributed by atoms with E-state index < -0.39 is 0 Å². The molecule has 0 fully saturated rings. The fourth-order valence-electron chi connectivity index (χ4n) is 2.10. The van der Waals surface area contributed by atoms with Gasteiger partial charge in [-0.05, 0) is 46.9 Å². The van der Waals surface area contributed by atoms with Crippen molar-refractivity contribution in [2.24, 2.45) is 0 Å². The number of nitrogens with zero attached hydrogens (tertiary/aromatic N) is 2. The number of benzene rings is 2. The van der Waals surface area contributed by atoms with E-state index >= 15 is 0 Å². The van der Waals surface area contributed by atoms with Crippen LogP contribution in [0.5, 0.6) is 0 Å². The third-order valence-corrected chi connectivity index (χ3v) is 5.12. The van der Waals surface area contributed by atoms with Gasteiger partial charge in [0.2, 0.25) is 0 Å². The first kappa shape index (κ1) is 14.5. The molecule has 106 valence electrons. The molecule has 5 heteroatoms. The molecule has 0 spiro atoms. The van der Waals surface area contributed by atoms with Crippen LogP contribution in [0.2, 0.25) is 0 Å². The molecule has 3 rings (SSSR count). The Morgan fingerprint density at radius 2 is 1.90 bits per heavy atom. The average molecular weight is 408 g/mol. The summed E-state index contributed by atoms with van der Waals surface area (Å²) in [6.45, 7) is 0.531. The average Bonchev–Trinajstić information content (AvgIpc) is 2.89. The van der Waals surface area contributed by atoms with Gasteiger partial charge in [-0.15, -0.1) is 11.3 Å². The first-order chi connectivity index (χ1) is 10.1. The zero-order chi connectivity index (χ0) is 14.8. The Kier molecular flexibility index (Phi) is 4.21. The zero-order valence-corrected chi connectivity index (χ0v) is 14.4. The van der Waals surface area contributed by atoms with Gasteiger partial charge in [0, 0.05) is 10.6 Å². The molecular formula is C16H13IN2OS. The van der Waals surface area contributed by atoms with Crippen LogP contribution in [-0.4, -0.2) is 22.8 Å². The maximum absolute atomic E-state index is 12.5. The predicted octanol–water partition coefficient (Wildman–Crippen LogP) is 4.17. The number of thiazole rings is 1. The molecule has 21 heavy (non-hydrogen) atoms. The van der Waals surface area contributed by atoms with Crippen molar-refractivity contribution in [3.8, 4) is 0 Å². The lowest BCUT2D eigenvalue weighted by Crippen LogP contribution is -2.26. The van der Waals surface area contributed by atoms with Crippen molar-refractivity contribution >= 4 is 50.1 Å². The molecule has 0 aliphatic carbocycles. The largest absolute Gasteiger partial charge is 0.335 e. The van der Waals surface area contributed by atoms with Crippen molar-refractivity contribution in [2.45, 2.75) is 6.54 Å². The van der Waals surface area contributed by atoms with Crippen LogP contribution < -0.4 is 0 Å². The molecule has 0 unspecified atom stereocenters. The number of carbonyl (C=O) groups is 1. The topological polar surface area (TPSA) is 33.2 Å². The minimum Gasteiger partial charge on any atom is -0.335 e. The van der Waals surface area contributed by atoms with Gasteiger partial charge in [0.15, 0.2) is 0 Å². The van der Waals surface area contributed by atoms with Gasteiger partial charge in [-0.1, -0.05) is 24.3 Å². The SMILES string of the molecule is CN(Cc1nc2ccccc2s1)C(=O)c1ccccc1I. The molecule has 3 nitrogen and oxygen atoms in total. The summed E-state index contributed by atoms with van der Waals surface area (Å²) in [6.07, 6.45) is 0. The molecule has 2 aromatic carbocycles. The number of rotatable bonds is 3. The number of amides is 1. The molecule has 0 N–H and O–H groups in total. The Labute approximate surface area is 140 Å². The summed E-state index contributed by atoms with van der Waals surface area (Å²) in [4.78, 5) is 18.8. The molecule has 1 heterocycles. The number of hydrogen-bond donors (Lipinski definition) is 0. The summed E-state index contributed by atoms with van der Waals surface area (Å²) in [5.41, 5.74) is 1.73. The van der Waals surface area contributed by atoms with Crippen LogP contribution in [-0.2, 0) is 6.54 Å². The molecule has 1 amide bonds. The van der Waals surface area contributed by atoms with Crippen molar-refractivity contribution in [1.29, 1.82) is 0 Å². The minimum absolute atomic E-state index is 0.0271. The van der Waals surface area contributed by atoms with Gasteiger partial charge in [0.05, 0.1) is 22.3 Å². The van der Waals surface area contributed by atoms with Crippen molar-refractivity contribution in [1.82, 2.24) is 9.88 Å². The zero-order valence-electron chi connectivity index (χ0n) is 11.4. The summed E-state index contributed by atoms with van der Waals surface area (Å²) in [6, 6.07) is 15.7. The molecular weight excluding hydrogens is 395 g/mol. The van der Waals surface area contributed by atoms with Gasteiger partial charge in [0.1, 0.15) is 5.01 Å². The lowest BCUT2D eigenvalue weighted by molar-refractivity contribution is 0.0784. The Bertz CT molecular complexity index is 767. The first-order valence-electron chi connectivity index (χ1n) is 6.49. The second kappa shape index (κ2) is 6.11. The number of hydrogen-bond acceptors (Lipinski definition) is 3. The fourth-order valence-corrected chi connectivity index (χ4v) is 3.74. The summed E-state index contributed by atoms with van der Waals surface area (Å²) in [5.74, 6) is 0.0271. The number of halogens is 1. The summed E-state index contributed by atoms with van der Waals surface area (Å²) in [5, 5.41) is 0.956. The van der Waals surface area contributed by atoms with Crippen LogP contribution in [0.1, 0.15) is 15.4 Å². The van der Waals surface area contributed by atoms with E-state index in [9.17, 15) is 4.79 Å². The van der Waals surface area contributed by atoms with Crippen molar-refractivity contribution < 1.29 is 4.79 Å². The molecule has 0 saturated heterocycles. The lowest BCUT2D eigenvalue weighted by Gasteiger charge is -2.16. The maximum Gasteiger partial charge on any atom is 0.255 e. The van der Waals surface area contributed by atoms with Crippen LogP contribution in [0.4, 0.5) is 0 Å². The second-order valence-corrected chi connectivity index (χ2v) is 6.99. The highest BCUT2D eigenvalue weighted by atomic mass is 127. The summed E-state index contributed by atoms with van der Waals surface area (Å²) in [7, 11) is 1.82. The molecule has 0 bridgehead atoms. The smallest absolute Gasteiger partial charge is 0.255 e. The highest BCUT2D eigenvalue weighted by Crippen LogP contribution is 2.23. The van der Waals surface area contributed by atoms with Gasteiger partial charge >= 0.3 is 0 Å².